The van der Waals surface area contributed by atoms with E-state index in [0.29, 0.717) is 23.0 Å². The van der Waals surface area contributed by atoms with Gasteiger partial charge in [0.2, 0.25) is 5.91 Å². The van der Waals surface area contributed by atoms with Gasteiger partial charge < -0.3 is 5.32 Å². The van der Waals surface area contributed by atoms with E-state index in [1.165, 1.54) is 21.6 Å². The number of nitrogens with one attached hydrogen (secondary N) is 1. The zero-order valence-corrected chi connectivity index (χ0v) is 17.7. The van der Waals surface area contributed by atoms with E-state index in [9.17, 15) is 9.59 Å². The van der Waals surface area contributed by atoms with Gasteiger partial charge in [0, 0.05) is 22.9 Å². The molecule has 0 atom stereocenters. The zero-order chi connectivity index (χ0) is 21.1. The maximum absolute atomic E-state index is 13.0. The van der Waals surface area contributed by atoms with Gasteiger partial charge in [-0.15, -0.1) is 11.3 Å². The topological polar surface area (TPSA) is 76.9 Å². The van der Waals surface area contributed by atoms with Crippen LogP contribution in [0.3, 0.4) is 0 Å². The van der Waals surface area contributed by atoms with Crippen LogP contribution in [-0.2, 0) is 17.8 Å². The average molecular weight is 419 g/mol. The van der Waals surface area contributed by atoms with Crippen LogP contribution < -0.4 is 10.9 Å². The minimum atomic E-state index is -0.183. The van der Waals surface area contributed by atoms with Gasteiger partial charge in [-0.25, -0.2) is 9.67 Å². The summed E-state index contributed by atoms with van der Waals surface area (Å²) in [6.45, 7) is 4.74. The van der Waals surface area contributed by atoms with E-state index in [1.807, 2.05) is 49.6 Å². The van der Waals surface area contributed by atoms with Crippen molar-refractivity contribution < 1.29 is 4.79 Å². The van der Waals surface area contributed by atoms with Gasteiger partial charge in [0.05, 0.1) is 29.7 Å². The third kappa shape index (κ3) is 4.16. The Kier molecular flexibility index (Phi) is 5.72. The molecule has 6 nitrogen and oxygen atoms in total. The number of hydrogen-bond acceptors (Lipinski definition) is 5. The van der Waals surface area contributed by atoms with Crippen LogP contribution in [0.2, 0.25) is 0 Å². The minimum absolute atomic E-state index is 0.115. The van der Waals surface area contributed by atoms with Gasteiger partial charge in [-0.1, -0.05) is 48.0 Å². The molecule has 0 radical (unpaired) electrons. The summed E-state index contributed by atoms with van der Waals surface area (Å²) in [6.07, 6.45) is 0.126. The number of hydrogen-bond donors (Lipinski definition) is 1. The molecule has 30 heavy (non-hydrogen) atoms. The number of aryl methyl sites for hydroxylation is 1. The number of fused-ring (bicyclic) bond motifs is 1. The maximum Gasteiger partial charge on any atom is 0.275 e. The molecule has 7 heteroatoms. The summed E-state index contributed by atoms with van der Waals surface area (Å²) in [5, 5.41) is 11.4. The smallest absolute Gasteiger partial charge is 0.275 e. The molecule has 0 aliphatic heterocycles. The van der Waals surface area contributed by atoms with E-state index >= 15 is 0 Å². The Morgan fingerprint density at radius 2 is 1.83 bits per heavy atom. The van der Waals surface area contributed by atoms with E-state index in [2.05, 4.69) is 27.5 Å². The number of benzene rings is 2. The lowest BCUT2D eigenvalue weighted by Crippen LogP contribution is -2.29. The summed E-state index contributed by atoms with van der Waals surface area (Å²) >= 11 is 1.50. The van der Waals surface area contributed by atoms with Crippen LogP contribution in [0.25, 0.3) is 22.0 Å². The van der Waals surface area contributed by atoms with Gasteiger partial charge in [0.1, 0.15) is 5.01 Å². The van der Waals surface area contributed by atoms with E-state index < -0.39 is 0 Å². The number of likely N-dealkylation sites (N-methyl/N-ethyl adjacent to an activating group) is 1. The van der Waals surface area contributed by atoms with Crippen molar-refractivity contribution in [3.63, 3.8) is 0 Å². The molecule has 2 aromatic heterocycles. The molecule has 0 saturated carbocycles. The molecule has 0 bridgehead atoms. The molecule has 0 spiro atoms. The number of carbonyl (C=O) groups excluding carboxylic acids is 1. The Balaban J connectivity index is 1.69. The highest BCUT2D eigenvalue weighted by Crippen LogP contribution is 2.23. The third-order valence-electron chi connectivity index (χ3n) is 4.83. The molecule has 4 aromatic rings. The van der Waals surface area contributed by atoms with Crippen LogP contribution in [-0.4, -0.2) is 27.2 Å². The number of carbonyl (C=O) groups is 1. The van der Waals surface area contributed by atoms with Gasteiger partial charge in [-0.3, -0.25) is 9.59 Å². The van der Waals surface area contributed by atoms with Crippen molar-refractivity contribution in [3.8, 4) is 11.3 Å². The molecule has 0 unspecified atom stereocenters. The summed E-state index contributed by atoms with van der Waals surface area (Å²) in [7, 11) is 0. The third-order valence-corrected chi connectivity index (χ3v) is 5.66. The zero-order valence-electron chi connectivity index (χ0n) is 16.9. The van der Waals surface area contributed by atoms with Crippen molar-refractivity contribution in [2.45, 2.75) is 26.8 Å². The highest BCUT2D eigenvalue weighted by Gasteiger charge is 2.15. The van der Waals surface area contributed by atoms with Crippen LogP contribution in [0, 0.1) is 6.92 Å². The monoisotopic (exact) mass is 418 g/mol. The van der Waals surface area contributed by atoms with Crippen molar-refractivity contribution in [3.05, 3.63) is 80.5 Å². The Hall–Kier alpha value is -3.32. The lowest BCUT2D eigenvalue weighted by molar-refractivity contribution is -0.120. The van der Waals surface area contributed by atoms with Crippen LogP contribution in [0.1, 0.15) is 23.2 Å². The fraction of sp³-hybridized carbons (Fsp3) is 0.217. The molecule has 0 fully saturated rings. The van der Waals surface area contributed by atoms with Crippen LogP contribution >= 0.6 is 11.3 Å². The van der Waals surface area contributed by atoms with Crippen molar-refractivity contribution in [2.24, 2.45) is 0 Å². The van der Waals surface area contributed by atoms with Gasteiger partial charge in [0.25, 0.3) is 5.56 Å². The van der Waals surface area contributed by atoms with Crippen molar-refractivity contribution in [1.82, 2.24) is 20.1 Å². The highest BCUT2D eigenvalue weighted by atomic mass is 32.1. The molecular formula is C23H22N4O2S. The maximum atomic E-state index is 13.0. The fourth-order valence-corrected chi connectivity index (χ4v) is 4.11. The Morgan fingerprint density at radius 1 is 1.10 bits per heavy atom. The highest BCUT2D eigenvalue weighted by molar-refractivity contribution is 7.09. The number of aromatic nitrogens is 3. The van der Waals surface area contributed by atoms with E-state index in [-0.39, 0.29) is 24.4 Å². The number of rotatable bonds is 6. The van der Waals surface area contributed by atoms with Crippen molar-refractivity contribution in [2.75, 3.05) is 6.54 Å². The summed E-state index contributed by atoms with van der Waals surface area (Å²) in [4.78, 5) is 29.8. The first-order valence-electron chi connectivity index (χ1n) is 9.82. The van der Waals surface area contributed by atoms with Crippen molar-refractivity contribution in [1.29, 1.82) is 0 Å². The van der Waals surface area contributed by atoms with Gasteiger partial charge in [-0.05, 0) is 19.9 Å². The number of thiazole rings is 1. The lowest BCUT2D eigenvalue weighted by atomic mass is 10.1. The Morgan fingerprint density at radius 3 is 2.57 bits per heavy atom. The summed E-state index contributed by atoms with van der Waals surface area (Å²) in [5.41, 5.74) is 3.52. The normalized spacial score (nSPS) is 11.0. The molecule has 2 aromatic carbocycles. The second-order valence-corrected chi connectivity index (χ2v) is 8.02. The van der Waals surface area contributed by atoms with E-state index in [4.69, 9.17) is 0 Å². The largest absolute Gasteiger partial charge is 0.356 e. The molecule has 1 amide bonds. The van der Waals surface area contributed by atoms with Gasteiger partial charge in [0.15, 0.2) is 0 Å². The molecule has 0 aliphatic carbocycles. The number of amides is 1. The predicted octanol–water partition coefficient (Wildman–Crippen LogP) is 3.56. The lowest BCUT2D eigenvalue weighted by Gasteiger charge is -2.10. The van der Waals surface area contributed by atoms with E-state index in [0.717, 1.165) is 16.3 Å². The molecule has 0 aliphatic rings. The van der Waals surface area contributed by atoms with E-state index in [1.54, 1.807) is 6.07 Å². The SMILES string of the molecule is CCNC(=O)Cc1nn(Cc2nc(-c3ccc(C)cc3)cs2)c(=O)c2ccccc12. The number of nitrogens with zero attached hydrogens (tertiary/aromatic N) is 3. The van der Waals surface area contributed by atoms with Gasteiger partial charge >= 0.3 is 0 Å². The Bertz CT molecular complexity index is 1260. The second-order valence-electron chi connectivity index (χ2n) is 7.08. The molecule has 2 heterocycles. The van der Waals surface area contributed by atoms with Crippen molar-refractivity contribution >= 4 is 28.0 Å². The average Bonchev–Trinajstić information content (AvgIpc) is 3.21. The Labute approximate surface area is 178 Å². The first kappa shape index (κ1) is 20.0. The summed E-state index contributed by atoms with van der Waals surface area (Å²) in [6, 6.07) is 15.5. The first-order valence-corrected chi connectivity index (χ1v) is 10.7. The van der Waals surface area contributed by atoms with Crippen LogP contribution in [0.15, 0.2) is 58.7 Å². The van der Waals surface area contributed by atoms with Crippen LogP contribution in [0.4, 0.5) is 0 Å². The first-order chi connectivity index (χ1) is 14.5. The molecular weight excluding hydrogens is 396 g/mol. The standard InChI is InChI=1S/C23H22N4O2S/c1-3-24-21(28)12-19-17-6-4-5-7-18(17)23(29)27(26-19)13-22-25-20(14-30-22)16-10-8-15(2)9-11-16/h4-11,14H,3,12-13H2,1-2H3,(H,24,28). The second kappa shape index (κ2) is 8.59. The predicted molar refractivity (Wildman–Crippen MR) is 120 cm³/mol. The molecule has 152 valence electrons. The summed E-state index contributed by atoms with van der Waals surface area (Å²) in [5.74, 6) is -0.115. The quantitative estimate of drug-likeness (QED) is 0.519. The van der Waals surface area contributed by atoms with Crippen LogP contribution in [0.5, 0.6) is 0 Å². The fourth-order valence-electron chi connectivity index (χ4n) is 3.32. The molecule has 4 rings (SSSR count). The summed E-state index contributed by atoms with van der Waals surface area (Å²) < 4.78 is 1.41. The molecule has 0 saturated heterocycles. The minimum Gasteiger partial charge on any atom is -0.356 e. The molecule has 1 N–H and O–H groups in total. The van der Waals surface area contributed by atoms with Gasteiger partial charge in [-0.2, -0.15) is 5.10 Å².